The second-order valence-electron chi connectivity index (χ2n) is 9.43. The maximum atomic E-state index is 13.8. The molecule has 3 aliphatic heterocycles. The highest BCUT2D eigenvalue weighted by Gasteiger charge is 2.35. The molecule has 3 aliphatic rings. The lowest BCUT2D eigenvalue weighted by molar-refractivity contribution is 0.0903. The number of aromatic nitrogens is 2. The van der Waals surface area contributed by atoms with Crippen molar-refractivity contribution in [3.63, 3.8) is 0 Å². The molecular weight excluding hydrogens is 442 g/mol. The van der Waals surface area contributed by atoms with Crippen molar-refractivity contribution in [1.82, 2.24) is 25.1 Å². The Morgan fingerprint density at radius 3 is 2.79 bits per heavy atom. The Labute approximate surface area is 197 Å². The molecule has 0 radical (unpaired) electrons. The van der Waals surface area contributed by atoms with Crippen LogP contribution in [0.1, 0.15) is 35.6 Å². The Hall–Kier alpha value is -2.85. The van der Waals surface area contributed by atoms with Crippen molar-refractivity contribution in [3.05, 3.63) is 52.9 Å². The number of carbonyl (C=O) groups excluding carboxylic acids is 1. The number of anilines is 1. The van der Waals surface area contributed by atoms with Gasteiger partial charge in [0.2, 0.25) is 5.95 Å². The van der Waals surface area contributed by atoms with Crippen LogP contribution in [0.15, 0.2) is 24.4 Å². The number of amides is 2. The highest BCUT2D eigenvalue weighted by molar-refractivity contribution is 5.75. The molecule has 4 heterocycles. The van der Waals surface area contributed by atoms with Crippen molar-refractivity contribution in [2.45, 2.75) is 43.8 Å². The minimum Gasteiger partial charge on any atom is -0.381 e. The molecule has 2 atom stereocenters. The molecule has 34 heavy (non-hydrogen) atoms. The Bertz CT molecular complexity index is 1050. The van der Waals surface area contributed by atoms with Crippen LogP contribution in [0.3, 0.4) is 0 Å². The third-order valence-electron chi connectivity index (χ3n) is 6.97. The van der Waals surface area contributed by atoms with Gasteiger partial charge in [0.05, 0.1) is 18.3 Å². The van der Waals surface area contributed by atoms with Gasteiger partial charge in [-0.25, -0.2) is 23.5 Å². The molecular formula is C24H30F2N6O2. The summed E-state index contributed by atoms with van der Waals surface area (Å²) in [7, 11) is 1.96. The lowest BCUT2D eigenvalue weighted by Crippen LogP contribution is -2.49. The lowest BCUT2D eigenvalue weighted by Gasteiger charge is -2.31. The fraction of sp³-hybridized carbons (Fsp3) is 0.542. The first-order chi connectivity index (χ1) is 16.5. The minimum absolute atomic E-state index is 0.112. The summed E-state index contributed by atoms with van der Waals surface area (Å²) in [5.41, 5.74) is 2.60. The zero-order valence-corrected chi connectivity index (χ0v) is 19.3. The summed E-state index contributed by atoms with van der Waals surface area (Å²) in [5, 5.41) is 6.52. The van der Waals surface area contributed by atoms with Crippen molar-refractivity contribution in [2.75, 3.05) is 45.2 Å². The van der Waals surface area contributed by atoms with Crippen LogP contribution < -0.4 is 10.6 Å². The first-order valence-corrected chi connectivity index (χ1v) is 11.8. The Morgan fingerprint density at radius 2 is 2.00 bits per heavy atom. The molecule has 0 bridgehead atoms. The first-order valence-electron chi connectivity index (χ1n) is 11.8. The van der Waals surface area contributed by atoms with Gasteiger partial charge in [0.15, 0.2) is 11.6 Å². The Kier molecular flexibility index (Phi) is 6.60. The van der Waals surface area contributed by atoms with Gasteiger partial charge < -0.3 is 25.2 Å². The number of nitrogens with one attached hydrogen (secondary N) is 2. The smallest absolute Gasteiger partial charge is 0.318 e. The van der Waals surface area contributed by atoms with E-state index in [0.717, 1.165) is 43.4 Å². The molecule has 2 saturated heterocycles. The molecule has 1 unspecified atom stereocenters. The topological polar surface area (TPSA) is 82.6 Å². The summed E-state index contributed by atoms with van der Waals surface area (Å²) in [6, 6.07) is 3.91. The third-order valence-corrected chi connectivity index (χ3v) is 6.97. The van der Waals surface area contributed by atoms with Crippen LogP contribution >= 0.6 is 0 Å². The van der Waals surface area contributed by atoms with E-state index in [4.69, 9.17) is 9.72 Å². The number of rotatable bonds is 4. The largest absolute Gasteiger partial charge is 0.381 e. The second kappa shape index (κ2) is 9.79. The Balaban J connectivity index is 1.24. The van der Waals surface area contributed by atoms with Gasteiger partial charge >= 0.3 is 6.03 Å². The number of nitrogens with zero attached hydrogens (tertiary/aromatic N) is 4. The maximum absolute atomic E-state index is 13.8. The molecule has 182 valence electrons. The van der Waals surface area contributed by atoms with Crippen LogP contribution in [-0.2, 0) is 17.7 Å². The van der Waals surface area contributed by atoms with E-state index in [1.807, 2.05) is 13.2 Å². The zero-order chi connectivity index (χ0) is 23.7. The highest BCUT2D eigenvalue weighted by atomic mass is 19.2. The van der Waals surface area contributed by atoms with Crippen LogP contribution in [-0.4, -0.2) is 77.8 Å². The summed E-state index contributed by atoms with van der Waals surface area (Å²) < 4.78 is 32.6. The SMILES string of the molecule is CN1CC(NC(=O)N2CCc3cnc(NC4CCOCC4)nc3C2)[C@H](c2ccc(F)c(F)c2)C1. The fourth-order valence-corrected chi connectivity index (χ4v) is 5.05. The lowest BCUT2D eigenvalue weighted by atomic mass is 9.94. The van der Waals surface area contributed by atoms with Crippen LogP contribution in [0.2, 0.25) is 0 Å². The predicted molar refractivity (Wildman–Crippen MR) is 123 cm³/mol. The molecule has 8 nitrogen and oxygen atoms in total. The predicted octanol–water partition coefficient (Wildman–Crippen LogP) is 2.51. The van der Waals surface area contributed by atoms with Gasteiger partial charge in [-0.15, -0.1) is 0 Å². The van der Waals surface area contributed by atoms with Crippen molar-refractivity contribution in [2.24, 2.45) is 0 Å². The molecule has 0 aliphatic carbocycles. The van der Waals surface area contributed by atoms with E-state index in [9.17, 15) is 13.6 Å². The molecule has 0 spiro atoms. The van der Waals surface area contributed by atoms with E-state index in [1.54, 1.807) is 11.0 Å². The zero-order valence-electron chi connectivity index (χ0n) is 19.3. The number of urea groups is 1. The van der Waals surface area contributed by atoms with Crippen LogP contribution in [0.25, 0.3) is 0 Å². The molecule has 1 aromatic carbocycles. The summed E-state index contributed by atoms with van der Waals surface area (Å²) >= 11 is 0. The van der Waals surface area contributed by atoms with Crippen LogP contribution in [0.5, 0.6) is 0 Å². The molecule has 10 heteroatoms. The first kappa shape index (κ1) is 22.9. The molecule has 5 rings (SSSR count). The standard InChI is InChI=1S/C24H30F2N6O2/c1-31-12-18(15-2-3-19(25)20(26)10-15)22(13-31)30-24(33)32-7-4-16-11-27-23(29-21(16)14-32)28-17-5-8-34-9-6-17/h2-3,10-11,17-18,22H,4-9,12-14H2,1H3,(H,30,33)(H,27,28,29)/t18-,22?/m0/s1. The minimum atomic E-state index is -0.866. The Morgan fingerprint density at radius 1 is 1.18 bits per heavy atom. The molecule has 1 aromatic heterocycles. The number of benzene rings is 1. The van der Waals surface area contributed by atoms with E-state index in [-0.39, 0.29) is 18.0 Å². The molecule has 2 aromatic rings. The normalized spacial score (nSPS) is 23.6. The maximum Gasteiger partial charge on any atom is 0.318 e. The van der Waals surface area contributed by atoms with Crippen LogP contribution in [0, 0.1) is 11.6 Å². The quantitative estimate of drug-likeness (QED) is 0.712. The van der Waals surface area contributed by atoms with E-state index < -0.39 is 11.6 Å². The molecule has 0 saturated carbocycles. The number of ether oxygens (including phenoxy) is 1. The molecule has 2 fully saturated rings. The third kappa shape index (κ3) is 4.97. The van der Waals surface area contributed by atoms with E-state index >= 15 is 0 Å². The summed E-state index contributed by atoms with van der Waals surface area (Å²) in [5.74, 6) is -1.26. The number of hydrogen-bond acceptors (Lipinski definition) is 6. The van der Waals surface area contributed by atoms with Gasteiger partial charge in [0.25, 0.3) is 0 Å². The van der Waals surface area contributed by atoms with Gasteiger partial charge in [0, 0.05) is 51.0 Å². The average Bonchev–Trinajstić information content (AvgIpc) is 3.20. The van der Waals surface area contributed by atoms with Gasteiger partial charge in [0.1, 0.15) is 0 Å². The number of fused-ring (bicyclic) bond motifs is 1. The van der Waals surface area contributed by atoms with Gasteiger partial charge in [-0.05, 0) is 49.6 Å². The van der Waals surface area contributed by atoms with Crippen molar-refractivity contribution < 1.29 is 18.3 Å². The van der Waals surface area contributed by atoms with Crippen molar-refractivity contribution in [1.29, 1.82) is 0 Å². The fourth-order valence-electron chi connectivity index (χ4n) is 5.05. The second-order valence-corrected chi connectivity index (χ2v) is 9.43. The molecule has 2 N–H and O–H groups in total. The van der Waals surface area contributed by atoms with Gasteiger partial charge in [-0.2, -0.15) is 0 Å². The summed E-state index contributed by atoms with van der Waals surface area (Å²) in [6.07, 6.45) is 4.38. The summed E-state index contributed by atoms with van der Waals surface area (Å²) in [4.78, 5) is 26.2. The summed E-state index contributed by atoms with van der Waals surface area (Å²) in [6.45, 7) is 3.75. The van der Waals surface area contributed by atoms with Crippen molar-refractivity contribution in [3.8, 4) is 0 Å². The average molecular weight is 473 g/mol. The van der Waals surface area contributed by atoms with Gasteiger partial charge in [-0.3, -0.25) is 0 Å². The van der Waals surface area contributed by atoms with E-state index in [1.165, 1.54) is 6.07 Å². The molecule has 2 amide bonds. The number of likely N-dealkylation sites (tertiary alicyclic amines) is 1. The van der Waals surface area contributed by atoms with E-state index in [2.05, 4.69) is 20.5 Å². The highest BCUT2D eigenvalue weighted by Crippen LogP contribution is 2.28. The monoisotopic (exact) mass is 472 g/mol. The number of halogens is 2. The van der Waals surface area contributed by atoms with E-state index in [0.29, 0.717) is 50.2 Å². The number of carbonyl (C=O) groups is 1. The van der Waals surface area contributed by atoms with Crippen molar-refractivity contribution >= 4 is 12.0 Å². The number of likely N-dealkylation sites (N-methyl/N-ethyl adjacent to an activating group) is 1. The van der Waals surface area contributed by atoms with Gasteiger partial charge in [-0.1, -0.05) is 6.07 Å². The number of hydrogen-bond donors (Lipinski definition) is 2. The van der Waals surface area contributed by atoms with Crippen LogP contribution in [0.4, 0.5) is 19.5 Å².